The quantitative estimate of drug-likeness (QED) is 0.664. The number of esters is 1. The molecular formula is C10H6F3NO3S. The van der Waals surface area contributed by atoms with Gasteiger partial charge in [0.05, 0.1) is 12.7 Å². The summed E-state index contributed by atoms with van der Waals surface area (Å²) in [6.07, 6.45) is 0. The van der Waals surface area contributed by atoms with Gasteiger partial charge in [0.25, 0.3) is 0 Å². The molecule has 0 atom stereocenters. The van der Waals surface area contributed by atoms with E-state index in [0.29, 0.717) is 0 Å². The zero-order chi connectivity index (χ0) is 13.9. The van der Waals surface area contributed by atoms with Crippen LogP contribution in [0, 0.1) is 11.3 Å². The third-order valence-electron chi connectivity index (χ3n) is 1.84. The van der Waals surface area contributed by atoms with E-state index in [1.165, 1.54) is 6.07 Å². The van der Waals surface area contributed by atoms with Crippen molar-refractivity contribution in [2.24, 2.45) is 0 Å². The SMILES string of the molecule is COC(=O)c1cc(SC(F)(F)F)cc(C#N)c1O. The predicted octanol–water partition coefficient (Wildman–Crippen LogP) is 2.66. The fourth-order valence-corrected chi connectivity index (χ4v) is 1.77. The average Bonchev–Trinajstić information content (AvgIpc) is 2.28. The summed E-state index contributed by atoms with van der Waals surface area (Å²) in [5, 5.41) is 18.2. The molecule has 0 amide bonds. The highest BCUT2D eigenvalue weighted by molar-refractivity contribution is 8.00. The fourth-order valence-electron chi connectivity index (χ4n) is 1.15. The second kappa shape index (κ2) is 5.18. The van der Waals surface area contributed by atoms with E-state index in [1.54, 1.807) is 0 Å². The molecule has 0 saturated carbocycles. The molecule has 18 heavy (non-hydrogen) atoms. The van der Waals surface area contributed by atoms with Crippen LogP contribution in [0.3, 0.4) is 0 Å². The summed E-state index contributed by atoms with van der Waals surface area (Å²) in [5.74, 6) is -1.72. The van der Waals surface area contributed by atoms with Gasteiger partial charge >= 0.3 is 11.5 Å². The summed E-state index contributed by atoms with van der Waals surface area (Å²) in [6, 6.07) is 3.17. The van der Waals surface area contributed by atoms with Crippen molar-refractivity contribution in [3.8, 4) is 11.8 Å². The maximum absolute atomic E-state index is 12.2. The van der Waals surface area contributed by atoms with Gasteiger partial charge in [0, 0.05) is 4.90 Å². The molecule has 0 saturated heterocycles. The summed E-state index contributed by atoms with van der Waals surface area (Å²) in [5.41, 5.74) is -5.47. The normalized spacial score (nSPS) is 10.8. The van der Waals surface area contributed by atoms with Crippen LogP contribution in [-0.2, 0) is 4.74 Å². The van der Waals surface area contributed by atoms with Crippen molar-refractivity contribution < 1.29 is 27.8 Å². The minimum absolute atomic E-state index is 0.378. The summed E-state index contributed by atoms with van der Waals surface area (Å²) >= 11 is -0.489. The van der Waals surface area contributed by atoms with Crippen LogP contribution in [0.1, 0.15) is 15.9 Å². The fraction of sp³-hybridized carbons (Fsp3) is 0.200. The number of phenolic OH excluding ortho intramolecular Hbond substituents is 1. The Morgan fingerprint density at radius 2 is 2.11 bits per heavy atom. The Kier molecular flexibility index (Phi) is 4.08. The number of halogens is 3. The van der Waals surface area contributed by atoms with Crippen LogP contribution in [0.2, 0.25) is 0 Å². The molecule has 4 nitrogen and oxygen atoms in total. The number of alkyl halides is 3. The number of thioether (sulfide) groups is 1. The van der Waals surface area contributed by atoms with E-state index in [-0.39, 0.29) is 4.90 Å². The number of nitriles is 1. The predicted molar refractivity (Wildman–Crippen MR) is 56.1 cm³/mol. The molecule has 1 N–H and O–H groups in total. The molecule has 1 aromatic rings. The van der Waals surface area contributed by atoms with Crippen LogP contribution >= 0.6 is 11.8 Å². The van der Waals surface area contributed by atoms with Gasteiger partial charge in [0.1, 0.15) is 17.4 Å². The average molecular weight is 277 g/mol. The second-order valence-electron chi connectivity index (χ2n) is 3.02. The van der Waals surface area contributed by atoms with E-state index in [1.807, 2.05) is 0 Å². The molecule has 0 heterocycles. The van der Waals surface area contributed by atoms with Gasteiger partial charge < -0.3 is 9.84 Å². The van der Waals surface area contributed by atoms with Crippen molar-refractivity contribution in [1.29, 1.82) is 5.26 Å². The summed E-state index contributed by atoms with van der Waals surface area (Å²) < 4.78 is 40.9. The minimum atomic E-state index is -4.56. The number of nitrogens with zero attached hydrogens (tertiary/aromatic N) is 1. The van der Waals surface area contributed by atoms with Crippen molar-refractivity contribution in [2.45, 2.75) is 10.4 Å². The number of benzene rings is 1. The topological polar surface area (TPSA) is 70.3 Å². The Morgan fingerprint density at radius 3 is 2.56 bits per heavy atom. The summed E-state index contributed by atoms with van der Waals surface area (Å²) in [4.78, 5) is 10.9. The Balaban J connectivity index is 3.32. The molecule has 1 rings (SSSR count). The van der Waals surface area contributed by atoms with E-state index in [0.717, 1.165) is 19.2 Å². The largest absolute Gasteiger partial charge is 0.506 e. The molecule has 96 valence electrons. The van der Waals surface area contributed by atoms with Crippen LogP contribution in [0.5, 0.6) is 5.75 Å². The van der Waals surface area contributed by atoms with Gasteiger partial charge in [-0.1, -0.05) is 0 Å². The lowest BCUT2D eigenvalue weighted by molar-refractivity contribution is -0.0328. The van der Waals surface area contributed by atoms with E-state index in [2.05, 4.69) is 4.74 Å². The van der Waals surface area contributed by atoms with E-state index in [9.17, 15) is 23.1 Å². The molecule has 1 aromatic carbocycles. The number of rotatable bonds is 2. The first kappa shape index (κ1) is 14.2. The molecular weight excluding hydrogens is 271 g/mol. The lowest BCUT2D eigenvalue weighted by Crippen LogP contribution is -2.05. The zero-order valence-corrected chi connectivity index (χ0v) is 9.72. The van der Waals surface area contributed by atoms with Crippen LogP contribution in [0.25, 0.3) is 0 Å². The number of phenols is 1. The van der Waals surface area contributed by atoms with Gasteiger partial charge in [-0.05, 0) is 23.9 Å². The Morgan fingerprint density at radius 1 is 1.50 bits per heavy atom. The lowest BCUT2D eigenvalue weighted by atomic mass is 10.1. The van der Waals surface area contributed by atoms with E-state index < -0.39 is 40.1 Å². The Hall–Kier alpha value is -1.88. The number of carbonyl (C=O) groups excluding carboxylic acids is 1. The van der Waals surface area contributed by atoms with Gasteiger partial charge in [0.2, 0.25) is 0 Å². The second-order valence-corrected chi connectivity index (χ2v) is 4.16. The first-order valence-electron chi connectivity index (χ1n) is 4.39. The van der Waals surface area contributed by atoms with Crippen molar-refractivity contribution >= 4 is 17.7 Å². The standard InChI is InChI=1S/C10H6F3NO3S/c1-17-9(16)7-3-6(18-10(11,12)13)2-5(4-14)8(7)15/h2-3,15H,1H3. The maximum Gasteiger partial charge on any atom is 0.446 e. The number of carbonyl (C=O) groups is 1. The smallest absolute Gasteiger partial charge is 0.446 e. The van der Waals surface area contributed by atoms with Crippen molar-refractivity contribution in [2.75, 3.05) is 7.11 Å². The van der Waals surface area contributed by atoms with Crippen molar-refractivity contribution in [3.05, 3.63) is 23.3 Å². The third-order valence-corrected chi connectivity index (χ3v) is 2.55. The van der Waals surface area contributed by atoms with Crippen molar-refractivity contribution in [3.63, 3.8) is 0 Å². The highest BCUT2D eigenvalue weighted by Gasteiger charge is 2.30. The van der Waals surface area contributed by atoms with Crippen LogP contribution < -0.4 is 0 Å². The first-order chi connectivity index (χ1) is 8.28. The van der Waals surface area contributed by atoms with Gasteiger partial charge in [-0.3, -0.25) is 0 Å². The Labute approximate surface area is 104 Å². The van der Waals surface area contributed by atoms with Gasteiger partial charge in [-0.2, -0.15) is 18.4 Å². The summed E-state index contributed by atoms with van der Waals surface area (Å²) in [6.45, 7) is 0. The number of hydrogen-bond acceptors (Lipinski definition) is 5. The van der Waals surface area contributed by atoms with Crippen LogP contribution in [0.15, 0.2) is 17.0 Å². The molecule has 0 radical (unpaired) electrons. The molecule has 0 fully saturated rings. The summed E-state index contributed by atoms with van der Waals surface area (Å²) in [7, 11) is 1.01. The highest BCUT2D eigenvalue weighted by atomic mass is 32.2. The Bertz CT molecular complexity index is 522. The number of aromatic hydroxyl groups is 1. The van der Waals surface area contributed by atoms with Gasteiger partial charge in [-0.25, -0.2) is 4.79 Å². The maximum atomic E-state index is 12.2. The minimum Gasteiger partial charge on any atom is -0.506 e. The van der Waals surface area contributed by atoms with Gasteiger partial charge in [-0.15, -0.1) is 0 Å². The number of ether oxygens (including phenoxy) is 1. The molecule has 0 aliphatic carbocycles. The molecule has 8 heteroatoms. The monoisotopic (exact) mass is 277 g/mol. The number of hydrogen-bond donors (Lipinski definition) is 1. The molecule has 0 spiro atoms. The van der Waals surface area contributed by atoms with E-state index >= 15 is 0 Å². The van der Waals surface area contributed by atoms with Gasteiger partial charge in [0.15, 0.2) is 0 Å². The molecule has 0 unspecified atom stereocenters. The van der Waals surface area contributed by atoms with Crippen molar-refractivity contribution in [1.82, 2.24) is 0 Å². The molecule has 0 aliphatic heterocycles. The third kappa shape index (κ3) is 3.30. The van der Waals surface area contributed by atoms with E-state index in [4.69, 9.17) is 5.26 Å². The van der Waals surface area contributed by atoms with Crippen LogP contribution in [-0.4, -0.2) is 23.7 Å². The van der Waals surface area contributed by atoms with Crippen LogP contribution in [0.4, 0.5) is 13.2 Å². The zero-order valence-electron chi connectivity index (χ0n) is 8.91. The molecule has 0 aliphatic rings. The molecule has 0 aromatic heterocycles. The highest BCUT2D eigenvalue weighted by Crippen LogP contribution is 2.39. The molecule has 0 bridgehead atoms. The lowest BCUT2D eigenvalue weighted by Gasteiger charge is -2.09. The first-order valence-corrected chi connectivity index (χ1v) is 5.21. The number of methoxy groups -OCH3 is 1.